The maximum Gasteiger partial charge on any atom is 0.258 e. The first kappa shape index (κ1) is 14.8. The molecule has 1 aliphatic rings. The van der Waals surface area contributed by atoms with E-state index in [1.54, 1.807) is 12.3 Å². The molecule has 24 heavy (non-hydrogen) atoms. The number of pyridine rings is 1. The van der Waals surface area contributed by atoms with E-state index in [1.165, 1.54) is 0 Å². The highest BCUT2D eigenvalue weighted by Gasteiger charge is 2.24. The monoisotopic (exact) mass is 325 g/mol. The summed E-state index contributed by atoms with van der Waals surface area (Å²) in [5.74, 6) is 1.89. The van der Waals surface area contributed by atoms with E-state index in [9.17, 15) is 0 Å². The van der Waals surface area contributed by atoms with Gasteiger partial charge in [-0.05, 0) is 24.3 Å². The first-order valence-electron chi connectivity index (χ1n) is 7.61. The van der Waals surface area contributed by atoms with Gasteiger partial charge >= 0.3 is 0 Å². The molecule has 0 aliphatic carbocycles. The fraction of sp³-hybridized carbons (Fsp3) is 0.235. The molecule has 122 valence electrons. The smallest absolute Gasteiger partial charge is 0.258 e. The number of rotatable bonds is 4. The molecule has 0 saturated carbocycles. The van der Waals surface area contributed by atoms with Crippen LogP contribution in [0.3, 0.4) is 0 Å². The molecular weight excluding hydrogens is 310 g/mol. The third-order valence-corrected chi connectivity index (χ3v) is 3.50. The summed E-state index contributed by atoms with van der Waals surface area (Å²) in [6, 6.07) is 13.0. The summed E-state index contributed by atoms with van der Waals surface area (Å²) in [7, 11) is 0. The van der Waals surface area contributed by atoms with Crippen molar-refractivity contribution in [3.63, 3.8) is 0 Å². The molecule has 3 heterocycles. The molecule has 1 aliphatic heterocycles. The van der Waals surface area contributed by atoms with Crippen molar-refractivity contribution in [2.24, 2.45) is 0 Å². The van der Waals surface area contributed by atoms with Gasteiger partial charge in [0.2, 0.25) is 11.7 Å². The van der Waals surface area contributed by atoms with Gasteiger partial charge in [0.05, 0.1) is 25.4 Å². The number of para-hydroxylation sites is 1. The maximum atomic E-state index is 5.83. The molecule has 7 nitrogen and oxygen atoms in total. The lowest BCUT2D eigenvalue weighted by Crippen LogP contribution is -2.22. The molecule has 7 heteroatoms. The first-order chi connectivity index (χ1) is 11.9. The Bertz CT molecular complexity index is 800. The largest absolute Gasteiger partial charge is 0.438 e. The van der Waals surface area contributed by atoms with Crippen LogP contribution in [-0.2, 0) is 9.47 Å². The van der Waals surface area contributed by atoms with Crippen molar-refractivity contribution in [2.75, 3.05) is 19.8 Å². The SMILES string of the molecule is c1ccc(Oc2ncccc2-c2noc(C3COCCO3)n2)cc1. The van der Waals surface area contributed by atoms with Gasteiger partial charge in [0.15, 0.2) is 6.10 Å². The van der Waals surface area contributed by atoms with E-state index in [4.69, 9.17) is 18.7 Å². The van der Waals surface area contributed by atoms with Gasteiger partial charge in [-0.3, -0.25) is 0 Å². The maximum absolute atomic E-state index is 5.83. The summed E-state index contributed by atoms with van der Waals surface area (Å²) in [5.41, 5.74) is 0.646. The molecule has 0 bridgehead atoms. The fourth-order valence-electron chi connectivity index (χ4n) is 2.35. The molecule has 2 aromatic heterocycles. The number of hydrogen-bond acceptors (Lipinski definition) is 7. The summed E-state index contributed by atoms with van der Waals surface area (Å²) in [4.78, 5) is 8.68. The highest BCUT2D eigenvalue weighted by atomic mass is 16.6. The van der Waals surface area contributed by atoms with Crippen LogP contribution in [-0.4, -0.2) is 34.9 Å². The lowest BCUT2D eigenvalue weighted by Gasteiger charge is -2.19. The van der Waals surface area contributed by atoms with Crippen molar-refractivity contribution in [2.45, 2.75) is 6.10 Å². The highest BCUT2D eigenvalue weighted by molar-refractivity contribution is 5.61. The van der Waals surface area contributed by atoms with E-state index in [2.05, 4.69) is 15.1 Å². The summed E-state index contributed by atoms with van der Waals surface area (Å²) in [6.07, 6.45) is 1.32. The van der Waals surface area contributed by atoms with Gasteiger partial charge in [-0.1, -0.05) is 23.4 Å². The van der Waals surface area contributed by atoms with Gasteiger partial charge in [0, 0.05) is 6.20 Å². The Morgan fingerprint density at radius 2 is 1.96 bits per heavy atom. The van der Waals surface area contributed by atoms with Crippen LogP contribution < -0.4 is 4.74 Å². The molecule has 0 amide bonds. The molecule has 0 radical (unpaired) electrons. The van der Waals surface area contributed by atoms with Crippen molar-refractivity contribution in [1.29, 1.82) is 0 Å². The summed E-state index contributed by atoms with van der Waals surface area (Å²) >= 11 is 0. The first-order valence-corrected chi connectivity index (χ1v) is 7.61. The molecule has 1 fully saturated rings. The van der Waals surface area contributed by atoms with Gasteiger partial charge in [-0.15, -0.1) is 0 Å². The van der Waals surface area contributed by atoms with Crippen LogP contribution in [0.15, 0.2) is 53.2 Å². The van der Waals surface area contributed by atoms with E-state index in [1.807, 2.05) is 36.4 Å². The topological polar surface area (TPSA) is 79.5 Å². The Morgan fingerprint density at radius 1 is 1.04 bits per heavy atom. The van der Waals surface area contributed by atoms with Crippen LogP contribution in [0.4, 0.5) is 0 Å². The zero-order chi connectivity index (χ0) is 16.2. The van der Waals surface area contributed by atoms with Crippen molar-refractivity contribution >= 4 is 0 Å². The second-order valence-electron chi connectivity index (χ2n) is 5.16. The normalized spacial score (nSPS) is 17.6. The Kier molecular flexibility index (Phi) is 4.18. The van der Waals surface area contributed by atoms with E-state index in [0.717, 1.165) is 0 Å². The van der Waals surface area contributed by atoms with Crippen molar-refractivity contribution in [1.82, 2.24) is 15.1 Å². The Morgan fingerprint density at radius 3 is 2.79 bits per heavy atom. The minimum atomic E-state index is -0.338. The predicted molar refractivity (Wildman–Crippen MR) is 83.6 cm³/mol. The number of aromatic nitrogens is 3. The fourth-order valence-corrected chi connectivity index (χ4v) is 2.35. The highest BCUT2D eigenvalue weighted by Crippen LogP contribution is 2.30. The van der Waals surface area contributed by atoms with Gasteiger partial charge in [0.1, 0.15) is 5.75 Å². The average Bonchev–Trinajstić information content (AvgIpc) is 3.14. The zero-order valence-corrected chi connectivity index (χ0v) is 12.8. The second kappa shape index (κ2) is 6.77. The minimum absolute atomic E-state index is 0.338. The van der Waals surface area contributed by atoms with E-state index < -0.39 is 0 Å². The van der Waals surface area contributed by atoms with Crippen LogP contribution in [0, 0.1) is 0 Å². The van der Waals surface area contributed by atoms with E-state index in [0.29, 0.717) is 48.7 Å². The number of ether oxygens (including phenoxy) is 3. The minimum Gasteiger partial charge on any atom is -0.438 e. The van der Waals surface area contributed by atoms with Gasteiger partial charge in [-0.25, -0.2) is 4.98 Å². The quantitative estimate of drug-likeness (QED) is 0.729. The van der Waals surface area contributed by atoms with Gasteiger partial charge < -0.3 is 18.7 Å². The third kappa shape index (κ3) is 3.12. The number of hydrogen-bond donors (Lipinski definition) is 0. The zero-order valence-electron chi connectivity index (χ0n) is 12.8. The van der Waals surface area contributed by atoms with Crippen LogP contribution in [0.2, 0.25) is 0 Å². The standard InChI is InChI=1S/C17H15N3O4/c1-2-5-12(6-3-1)23-16-13(7-4-8-18-16)15-19-17(24-20-15)14-11-21-9-10-22-14/h1-8,14H,9-11H2. The second-order valence-corrected chi connectivity index (χ2v) is 5.16. The van der Waals surface area contributed by atoms with E-state index in [-0.39, 0.29) is 6.10 Å². The lowest BCUT2D eigenvalue weighted by atomic mass is 10.2. The molecule has 0 N–H and O–H groups in total. The van der Waals surface area contributed by atoms with Crippen LogP contribution >= 0.6 is 0 Å². The van der Waals surface area contributed by atoms with Gasteiger partial charge in [0.25, 0.3) is 5.89 Å². The molecule has 1 saturated heterocycles. The summed E-state index contributed by atoms with van der Waals surface area (Å²) in [5, 5.41) is 4.02. The molecule has 3 aromatic rings. The summed E-state index contributed by atoms with van der Waals surface area (Å²) in [6.45, 7) is 1.49. The third-order valence-electron chi connectivity index (χ3n) is 3.50. The number of nitrogens with zero attached hydrogens (tertiary/aromatic N) is 3. The average molecular weight is 325 g/mol. The lowest BCUT2D eigenvalue weighted by molar-refractivity contribution is -0.101. The Labute approximate surface area is 138 Å². The molecule has 4 rings (SSSR count). The van der Waals surface area contributed by atoms with Crippen molar-refractivity contribution < 1.29 is 18.7 Å². The molecule has 0 spiro atoms. The van der Waals surface area contributed by atoms with Gasteiger partial charge in [-0.2, -0.15) is 4.98 Å². The van der Waals surface area contributed by atoms with Crippen LogP contribution in [0.5, 0.6) is 11.6 Å². The van der Waals surface area contributed by atoms with E-state index >= 15 is 0 Å². The molecule has 1 atom stereocenters. The molecule has 1 aromatic carbocycles. The summed E-state index contributed by atoms with van der Waals surface area (Å²) < 4.78 is 22.1. The predicted octanol–water partition coefficient (Wildman–Crippen LogP) is 3.01. The van der Waals surface area contributed by atoms with Crippen molar-refractivity contribution in [3.8, 4) is 23.0 Å². The Hall–Kier alpha value is -2.77. The molecule has 1 unspecified atom stereocenters. The van der Waals surface area contributed by atoms with Crippen molar-refractivity contribution in [3.05, 3.63) is 54.6 Å². The number of benzene rings is 1. The van der Waals surface area contributed by atoms with Crippen LogP contribution in [0.1, 0.15) is 12.0 Å². The van der Waals surface area contributed by atoms with Crippen LogP contribution in [0.25, 0.3) is 11.4 Å². The Balaban J connectivity index is 1.61. The molecular formula is C17H15N3O4.